The molecule has 1 atom stereocenters. The number of halogens is 3. The molecule has 5 heterocycles. The van der Waals surface area contributed by atoms with Crippen LogP contribution in [0.1, 0.15) is 44.4 Å². The van der Waals surface area contributed by atoms with Crippen molar-refractivity contribution in [3.05, 3.63) is 53.7 Å². The zero-order valence-electron chi connectivity index (χ0n) is 21.6. The van der Waals surface area contributed by atoms with E-state index >= 15 is 0 Å². The third kappa shape index (κ3) is 3.04. The van der Waals surface area contributed by atoms with Crippen molar-refractivity contribution in [2.24, 2.45) is 0 Å². The molecule has 1 fully saturated rings. The van der Waals surface area contributed by atoms with Gasteiger partial charge in [-0.2, -0.15) is 13.2 Å². The molecule has 2 aromatic carbocycles. The van der Waals surface area contributed by atoms with E-state index in [-0.39, 0.29) is 0 Å². The molecule has 0 saturated carbocycles. The summed E-state index contributed by atoms with van der Waals surface area (Å²) in [5, 5.41) is 5.59. The summed E-state index contributed by atoms with van der Waals surface area (Å²) >= 11 is 0. The fourth-order valence-electron chi connectivity index (χ4n) is 6.60. The molecule has 1 spiro atoms. The molecule has 4 aromatic rings. The van der Waals surface area contributed by atoms with Crippen LogP contribution < -0.4 is 19.9 Å². The van der Waals surface area contributed by atoms with E-state index < -0.39 is 23.0 Å². The van der Waals surface area contributed by atoms with Crippen molar-refractivity contribution in [3.8, 4) is 5.75 Å². The molecule has 198 valence electrons. The van der Waals surface area contributed by atoms with Crippen LogP contribution in [-0.2, 0) is 11.6 Å². The Hall–Kier alpha value is -3.62. The van der Waals surface area contributed by atoms with Gasteiger partial charge >= 0.3 is 6.18 Å². The molecule has 1 unspecified atom stereocenters. The second-order valence-electron chi connectivity index (χ2n) is 11.1. The Kier molecular flexibility index (Phi) is 4.77. The van der Waals surface area contributed by atoms with Crippen molar-refractivity contribution in [1.29, 1.82) is 0 Å². The van der Waals surface area contributed by atoms with Crippen LogP contribution in [0.4, 0.5) is 30.4 Å². The van der Waals surface area contributed by atoms with Gasteiger partial charge in [-0.3, -0.25) is 0 Å². The van der Waals surface area contributed by atoms with Gasteiger partial charge in [0.15, 0.2) is 5.58 Å². The molecule has 7 rings (SSSR count). The molecule has 3 aliphatic rings. The normalized spacial score (nSPS) is 22.5. The predicted molar refractivity (Wildman–Crippen MR) is 142 cm³/mol. The molecule has 9 heteroatoms. The van der Waals surface area contributed by atoms with Crippen LogP contribution in [0.5, 0.6) is 5.75 Å². The van der Waals surface area contributed by atoms with Crippen molar-refractivity contribution in [1.82, 2.24) is 4.98 Å². The van der Waals surface area contributed by atoms with Crippen LogP contribution in [0.15, 0.2) is 46.9 Å². The van der Waals surface area contributed by atoms with E-state index in [9.17, 15) is 13.2 Å². The van der Waals surface area contributed by atoms with E-state index in [4.69, 9.17) is 9.15 Å². The quantitative estimate of drug-likeness (QED) is 0.293. The van der Waals surface area contributed by atoms with Gasteiger partial charge in [0, 0.05) is 37.2 Å². The van der Waals surface area contributed by atoms with Crippen molar-refractivity contribution >= 4 is 39.1 Å². The van der Waals surface area contributed by atoms with Crippen LogP contribution >= 0.6 is 0 Å². The van der Waals surface area contributed by atoms with Crippen LogP contribution in [0.25, 0.3) is 21.9 Å². The third-order valence-electron chi connectivity index (χ3n) is 8.75. The number of alkyl halides is 3. The summed E-state index contributed by atoms with van der Waals surface area (Å²) in [6.07, 6.45) is -1.10. The number of para-hydroxylation sites is 1. The number of aromatic nitrogens is 1. The highest BCUT2D eigenvalue weighted by Gasteiger charge is 2.60. The van der Waals surface area contributed by atoms with Gasteiger partial charge < -0.3 is 24.3 Å². The smallest absolute Gasteiger partial charge is 0.433 e. The monoisotopic (exact) mass is 522 g/mol. The molecule has 1 N–H and O–H groups in total. The van der Waals surface area contributed by atoms with Crippen molar-refractivity contribution in [3.63, 3.8) is 0 Å². The molecule has 0 amide bonds. The molecule has 38 heavy (non-hydrogen) atoms. The highest BCUT2D eigenvalue weighted by Crippen LogP contribution is 2.56. The number of pyridine rings is 1. The second-order valence-corrected chi connectivity index (χ2v) is 11.1. The van der Waals surface area contributed by atoms with Gasteiger partial charge in [-0.05, 0) is 45.2 Å². The summed E-state index contributed by atoms with van der Waals surface area (Å²) in [4.78, 5) is 8.18. The number of anilines is 3. The first kappa shape index (κ1) is 23.5. The Morgan fingerprint density at radius 3 is 2.55 bits per heavy atom. The number of hydrogen-bond donors (Lipinski definition) is 1. The number of ether oxygens (including phenoxy) is 1. The van der Waals surface area contributed by atoms with Gasteiger partial charge in [0.05, 0.1) is 28.7 Å². The SMILES string of the molecule is CN1c2nc(C(F)(F)F)ccc2C(C)(C)C12CNc1c(cc(N3CCCCC3)c3oc4ccccc4c13)O2. The second kappa shape index (κ2) is 7.71. The van der Waals surface area contributed by atoms with E-state index in [1.165, 1.54) is 6.42 Å². The summed E-state index contributed by atoms with van der Waals surface area (Å²) in [5.74, 6) is 0.959. The molecule has 0 radical (unpaired) electrons. The highest BCUT2D eigenvalue weighted by atomic mass is 19.4. The summed E-state index contributed by atoms with van der Waals surface area (Å²) < 4.78 is 54.0. The lowest BCUT2D eigenvalue weighted by Crippen LogP contribution is -2.64. The number of rotatable bonds is 1. The Balaban J connectivity index is 1.41. The Morgan fingerprint density at radius 1 is 1.03 bits per heavy atom. The molecule has 1 saturated heterocycles. The minimum atomic E-state index is -4.52. The van der Waals surface area contributed by atoms with Gasteiger partial charge in [-0.25, -0.2) is 4.98 Å². The van der Waals surface area contributed by atoms with Gasteiger partial charge in [0.2, 0.25) is 5.72 Å². The van der Waals surface area contributed by atoms with E-state index in [2.05, 4.69) is 21.3 Å². The van der Waals surface area contributed by atoms with E-state index in [1.54, 1.807) is 18.0 Å². The van der Waals surface area contributed by atoms with Crippen LogP contribution in [-0.4, -0.2) is 37.4 Å². The minimum Gasteiger partial charge on any atom is -0.463 e. The lowest BCUT2D eigenvalue weighted by molar-refractivity contribution is -0.141. The van der Waals surface area contributed by atoms with E-state index in [0.717, 1.165) is 70.9 Å². The van der Waals surface area contributed by atoms with Gasteiger partial charge in [0.25, 0.3) is 0 Å². The number of piperidine rings is 1. The van der Waals surface area contributed by atoms with Gasteiger partial charge in [-0.15, -0.1) is 0 Å². The maximum Gasteiger partial charge on any atom is 0.433 e. The predicted octanol–water partition coefficient (Wildman–Crippen LogP) is 6.92. The zero-order chi connectivity index (χ0) is 26.4. The van der Waals surface area contributed by atoms with Crippen LogP contribution in [0.3, 0.4) is 0 Å². The fraction of sp³-hybridized carbons (Fsp3) is 0.414. The standard InChI is InChI=1S/C29H29F3N4O2/c1-27(2)18-11-12-22(29(30,31)32)34-26(18)35(3)28(27)16-33-24-21(38-28)15-19(36-13-7-4-8-14-36)25-23(24)17-9-5-6-10-20(17)37-25/h5-6,9-12,15,33H,4,7-8,13-14,16H2,1-3H3. The first-order valence-electron chi connectivity index (χ1n) is 13.1. The van der Waals surface area contributed by atoms with Crippen molar-refractivity contribution in [2.75, 3.05) is 41.8 Å². The Bertz CT molecular complexity index is 1590. The fourth-order valence-corrected chi connectivity index (χ4v) is 6.60. The van der Waals surface area contributed by atoms with Gasteiger partial charge in [-0.1, -0.05) is 24.3 Å². The molecule has 2 aromatic heterocycles. The Labute approximate surface area is 218 Å². The molecule has 3 aliphatic heterocycles. The maximum absolute atomic E-state index is 13.5. The van der Waals surface area contributed by atoms with Crippen LogP contribution in [0, 0.1) is 0 Å². The van der Waals surface area contributed by atoms with Crippen molar-refractivity contribution < 1.29 is 22.3 Å². The summed E-state index contributed by atoms with van der Waals surface area (Å²) in [6, 6.07) is 12.6. The number of hydrogen-bond acceptors (Lipinski definition) is 6. The van der Waals surface area contributed by atoms with Crippen LogP contribution in [0.2, 0.25) is 0 Å². The number of fused-ring (bicyclic) bond motifs is 6. The summed E-state index contributed by atoms with van der Waals surface area (Å²) in [7, 11) is 1.77. The number of nitrogens with one attached hydrogen (secondary N) is 1. The number of likely N-dealkylation sites (N-methyl/N-ethyl adjacent to an activating group) is 1. The number of furan rings is 1. The minimum absolute atomic E-state index is 0.293. The number of nitrogens with zero attached hydrogens (tertiary/aromatic N) is 3. The maximum atomic E-state index is 13.5. The van der Waals surface area contributed by atoms with E-state index in [0.29, 0.717) is 18.1 Å². The summed E-state index contributed by atoms with van der Waals surface area (Å²) in [6.45, 7) is 6.25. The first-order valence-corrected chi connectivity index (χ1v) is 13.1. The topological polar surface area (TPSA) is 53.8 Å². The number of benzene rings is 2. The third-order valence-corrected chi connectivity index (χ3v) is 8.75. The highest BCUT2D eigenvalue weighted by molar-refractivity contribution is 6.16. The first-order chi connectivity index (χ1) is 18.1. The lowest BCUT2D eigenvalue weighted by Gasteiger charge is -2.48. The average molecular weight is 523 g/mol. The molecule has 0 bridgehead atoms. The summed E-state index contributed by atoms with van der Waals surface area (Å²) in [5.41, 5.74) is 1.66. The molecular weight excluding hydrogens is 493 g/mol. The largest absolute Gasteiger partial charge is 0.463 e. The Morgan fingerprint density at radius 2 is 1.79 bits per heavy atom. The molecule has 0 aliphatic carbocycles. The van der Waals surface area contributed by atoms with E-state index in [1.807, 2.05) is 38.1 Å². The molecular formula is C29H29F3N4O2. The molecule has 6 nitrogen and oxygen atoms in total. The van der Waals surface area contributed by atoms with Gasteiger partial charge in [0.1, 0.15) is 22.8 Å². The average Bonchev–Trinajstić information content (AvgIpc) is 3.37. The lowest BCUT2D eigenvalue weighted by atomic mass is 9.77. The van der Waals surface area contributed by atoms with Crippen molar-refractivity contribution in [2.45, 2.75) is 50.4 Å². The zero-order valence-corrected chi connectivity index (χ0v) is 21.6.